The molecule has 1 amide bonds. The smallest absolute Gasteiger partial charge is 0.310 e. The van der Waals surface area contributed by atoms with Gasteiger partial charge in [0.05, 0.1) is 6.42 Å². The summed E-state index contributed by atoms with van der Waals surface area (Å²) in [7, 11) is 0. The van der Waals surface area contributed by atoms with Crippen LogP contribution in [0.25, 0.3) is 10.9 Å². The Bertz CT molecular complexity index is 896. The third-order valence-electron chi connectivity index (χ3n) is 7.76. The minimum atomic E-state index is -0.368. The Morgan fingerprint density at radius 1 is 1.14 bits per heavy atom. The number of nitrogens with one attached hydrogen (secondary N) is 2. The van der Waals surface area contributed by atoms with Crippen molar-refractivity contribution in [3.05, 3.63) is 36.0 Å². The second-order valence-corrected chi connectivity index (χ2v) is 9.77. The molecule has 1 heterocycles. The molecule has 2 N–H and O–H groups in total. The van der Waals surface area contributed by atoms with Crippen LogP contribution in [0.2, 0.25) is 0 Å². The molecule has 5 heteroatoms. The Morgan fingerprint density at radius 2 is 1.79 bits per heavy atom. The molecular weight excluding hydrogens is 364 g/mol. The number of esters is 1. The standard InChI is InChI=1S/C24H30N2O3/c1-15(24-10-16-6-17(11-24)8-18(7-16)12-24)26-22(27)14-29-23(28)9-19-13-25-21-5-3-2-4-20(19)21/h2-5,13,15-18,25H,6-12,14H2,1H3,(H,26,27)/t15-,16?,17?,18?,24?/m1/s1. The number of aromatic nitrogens is 1. The third kappa shape index (κ3) is 3.56. The number of fused-ring (bicyclic) bond motifs is 1. The largest absolute Gasteiger partial charge is 0.455 e. The minimum absolute atomic E-state index is 0.149. The van der Waals surface area contributed by atoms with Gasteiger partial charge in [-0.25, -0.2) is 0 Å². The van der Waals surface area contributed by atoms with Crippen molar-refractivity contribution in [2.45, 2.75) is 57.9 Å². The molecule has 4 bridgehead atoms. The van der Waals surface area contributed by atoms with Crippen molar-refractivity contribution >= 4 is 22.8 Å². The summed E-state index contributed by atoms with van der Waals surface area (Å²) in [6.07, 6.45) is 9.94. The van der Waals surface area contributed by atoms with Gasteiger partial charge in [-0.05, 0) is 80.2 Å². The molecule has 0 unspecified atom stereocenters. The first-order valence-electron chi connectivity index (χ1n) is 11.0. The third-order valence-corrected chi connectivity index (χ3v) is 7.76. The minimum Gasteiger partial charge on any atom is -0.455 e. The van der Waals surface area contributed by atoms with Crippen molar-refractivity contribution in [2.75, 3.05) is 6.61 Å². The van der Waals surface area contributed by atoms with E-state index in [0.717, 1.165) is 34.2 Å². The fourth-order valence-electron chi connectivity index (χ4n) is 6.77. The number of ether oxygens (including phenoxy) is 1. The number of H-pyrrole nitrogens is 1. The number of para-hydroxylation sites is 1. The monoisotopic (exact) mass is 394 g/mol. The first-order chi connectivity index (χ1) is 14.0. The SMILES string of the molecule is C[C@@H](NC(=O)COC(=O)Cc1c[nH]c2ccccc12)C12CC3CC(CC(C3)C1)C2. The second kappa shape index (κ2) is 7.19. The molecule has 6 rings (SSSR count). The first kappa shape index (κ1) is 18.7. The van der Waals surface area contributed by atoms with Gasteiger partial charge in [0.15, 0.2) is 6.61 Å². The summed E-state index contributed by atoms with van der Waals surface area (Å²) < 4.78 is 5.28. The zero-order valence-electron chi connectivity index (χ0n) is 17.1. The topological polar surface area (TPSA) is 71.2 Å². The summed E-state index contributed by atoms with van der Waals surface area (Å²) in [5.41, 5.74) is 2.16. The highest BCUT2D eigenvalue weighted by Gasteiger charge is 2.53. The van der Waals surface area contributed by atoms with Crippen LogP contribution in [0.3, 0.4) is 0 Å². The number of hydrogen-bond donors (Lipinski definition) is 2. The van der Waals surface area contributed by atoms with Crippen molar-refractivity contribution in [3.63, 3.8) is 0 Å². The van der Waals surface area contributed by atoms with Gasteiger partial charge in [-0.2, -0.15) is 0 Å². The maximum Gasteiger partial charge on any atom is 0.310 e. The molecule has 154 valence electrons. The molecule has 0 saturated heterocycles. The van der Waals surface area contributed by atoms with Gasteiger partial charge < -0.3 is 15.0 Å². The van der Waals surface area contributed by atoms with Gasteiger partial charge in [0, 0.05) is 23.1 Å². The van der Waals surface area contributed by atoms with E-state index in [1.54, 1.807) is 0 Å². The second-order valence-electron chi connectivity index (χ2n) is 9.77. The number of carbonyl (C=O) groups is 2. The average Bonchev–Trinajstić information content (AvgIpc) is 3.08. The lowest BCUT2D eigenvalue weighted by molar-refractivity contribution is -0.148. The first-order valence-corrected chi connectivity index (χ1v) is 11.0. The van der Waals surface area contributed by atoms with Crippen LogP contribution in [-0.2, 0) is 20.7 Å². The lowest BCUT2D eigenvalue weighted by atomic mass is 9.48. The molecule has 0 radical (unpaired) electrons. The summed E-state index contributed by atoms with van der Waals surface area (Å²) in [5.74, 6) is 2.02. The van der Waals surface area contributed by atoms with Crippen molar-refractivity contribution in [3.8, 4) is 0 Å². The van der Waals surface area contributed by atoms with Gasteiger partial charge in [0.1, 0.15) is 0 Å². The van der Waals surface area contributed by atoms with Gasteiger partial charge in [0.25, 0.3) is 5.91 Å². The van der Waals surface area contributed by atoms with Gasteiger partial charge in [0.2, 0.25) is 0 Å². The summed E-state index contributed by atoms with van der Waals surface area (Å²) in [6.45, 7) is 1.96. The Hall–Kier alpha value is -2.30. The molecule has 2 aromatic rings. The molecule has 4 fully saturated rings. The van der Waals surface area contributed by atoms with E-state index in [2.05, 4.69) is 17.2 Å². The summed E-state index contributed by atoms with van der Waals surface area (Å²) >= 11 is 0. The summed E-state index contributed by atoms with van der Waals surface area (Å²) in [4.78, 5) is 27.9. The molecule has 29 heavy (non-hydrogen) atoms. The lowest BCUT2D eigenvalue weighted by Crippen LogP contribution is -2.56. The Labute approximate surface area is 171 Å². The molecule has 4 aliphatic carbocycles. The Kier molecular flexibility index (Phi) is 4.64. The van der Waals surface area contributed by atoms with Crippen molar-refractivity contribution in [2.24, 2.45) is 23.2 Å². The predicted octanol–water partition coefficient (Wildman–Crippen LogP) is 3.97. The molecule has 1 aromatic carbocycles. The van der Waals surface area contributed by atoms with E-state index in [9.17, 15) is 9.59 Å². The van der Waals surface area contributed by atoms with Crippen molar-refractivity contribution in [1.29, 1.82) is 0 Å². The molecule has 5 nitrogen and oxygen atoms in total. The molecule has 1 aromatic heterocycles. The number of benzene rings is 1. The molecule has 4 saturated carbocycles. The van der Waals surface area contributed by atoms with E-state index in [0.29, 0.717) is 0 Å². The summed E-state index contributed by atoms with van der Waals surface area (Å²) in [6, 6.07) is 8.01. The van der Waals surface area contributed by atoms with E-state index in [1.807, 2.05) is 30.5 Å². The normalized spacial score (nSPS) is 31.0. The number of carbonyl (C=O) groups excluding carboxylic acids is 2. The number of aromatic amines is 1. The maximum absolute atomic E-state index is 12.5. The number of hydrogen-bond acceptors (Lipinski definition) is 3. The molecule has 0 aliphatic heterocycles. The van der Waals surface area contributed by atoms with Crippen LogP contribution in [0.15, 0.2) is 30.5 Å². The zero-order chi connectivity index (χ0) is 20.0. The van der Waals surface area contributed by atoms with E-state index in [4.69, 9.17) is 4.74 Å². The molecular formula is C24H30N2O3. The highest BCUT2D eigenvalue weighted by Crippen LogP contribution is 2.61. The highest BCUT2D eigenvalue weighted by molar-refractivity contribution is 5.88. The summed E-state index contributed by atoms with van der Waals surface area (Å²) in [5, 5.41) is 4.18. The van der Waals surface area contributed by atoms with Crippen LogP contribution in [0.4, 0.5) is 0 Å². The Balaban J connectivity index is 1.14. The van der Waals surface area contributed by atoms with E-state index in [-0.39, 0.29) is 36.4 Å². The van der Waals surface area contributed by atoms with Gasteiger partial charge >= 0.3 is 5.97 Å². The van der Waals surface area contributed by atoms with Crippen molar-refractivity contribution < 1.29 is 14.3 Å². The van der Waals surface area contributed by atoms with Crippen LogP contribution in [0, 0.1) is 23.2 Å². The molecule has 1 atom stereocenters. The molecule has 4 aliphatic rings. The van der Waals surface area contributed by atoms with Crippen LogP contribution in [0.5, 0.6) is 0 Å². The van der Waals surface area contributed by atoms with Crippen LogP contribution in [-0.4, -0.2) is 29.5 Å². The average molecular weight is 395 g/mol. The van der Waals surface area contributed by atoms with E-state index < -0.39 is 0 Å². The zero-order valence-corrected chi connectivity index (χ0v) is 17.1. The highest BCUT2D eigenvalue weighted by atomic mass is 16.5. The van der Waals surface area contributed by atoms with Gasteiger partial charge in [-0.15, -0.1) is 0 Å². The number of amides is 1. The van der Waals surface area contributed by atoms with Crippen LogP contribution in [0.1, 0.15) is 51.0 Å². The van der Waals surface area contributed by atoms with Crippen molar-refractivity contribution in [1.82, 2.24) is 10.3 Å². The maximum atomic E-state index is 12.5. The quantitative estimate of drug-likeness (QED) is 0.728. The lowest BCUT2D eigenvalue weighted by Gasteiger charge is -2.59. The molecule has 0 spiro atoms. The predicted molar refractivity (Wildman–Crippen MR) is 111 cm³/mol. The number of rotatable bonds is 6. The fraction of sp³-hybridized carbons (Fsp3) is 0.583. The fourth-order valence-corrected chi connectivity index (χ4v) is 6.77. The Morgan fingerprint density at radius 3 is 2.48 bits per heavy atom. The van der Waals surface area contributed by atoms with Gasteiger partial charge in [-0.3, -0.25) is 9.59 Å². The van der Waals surface area contributed by atoms with Crippen LogP contribution >= 0.6 is 0 Å². The van der Waals surface area contributed by atoms with E-state index in [1.165, 1.54) is 38.5 Å². The van der Waals surface area contributed by atoms with E-state index >= 15 is 0 Å². The van der Waals surface area contributed by atoms with Crippen LogP contribution < -0.4 is 5.32 Å². The van der Waals surface area contributed by atoms with Gasteiger partial charge in [-0.1, -0.05) is 18.2 Å².